The van der Waals surface area contributed by atoms with Crippen LogP contribution in [0.4, 0.5) is 5.69 Å². The molecule has 2 N–H and O–H groups in total. The minimum absolute atomic E-state index is 0.347. The predicted octanol–water partition coefficient (Wildman–Crippen LogP) is 0.714. The summed E-state index contributed by atoms with van der Waals surface area (Å²) in [6, 6.07) is 5.11. The van der Waals surface area contributed by atoms with Gasteiger partial charge in [0.05, 0.1) is 10.9 Å². The Morgan fingerprint density at radius 3 is 3.00 bits per heavy atom. The Bertz CT molecular complexity index is 481. The minimum atomic E-state index is -0.347. The summed E-state index contributed by atoms with van der Waals surface area (Å²) < 4.78 is 6.25. The highest BCUT2D eigenvalue weighted by molar-refractivity contribution is 5.80. The van der Waals surface area contributed by atoms with Gasteiger partial charge in [-0.1, -0.05) is 0 Å². The number of hydrogen-bond acceptors (Lipinski definition) is 3. The molecule has 4 heteroatoms. The molecule has 0 bridgehead atoms. The fourth-order valence-corrected chi connectivity index (χ4v) is 1.21. The van der Waals surface area contributed by atoms with Crippen molar-refractivity contribution in [3.8, 4) is 0 Å². The van der Waals surface area contributed by atoms with E-state index in [9.17, 15) is 4.79 Å². The molecule has 0 atom stereocenters. The minimum Gasteiger partial charge on any atom is -0.399 e. The molecule has 0 aliphatic heterocycles. The molecule has 0 saturated heterocycles. The van der Waals surface area contributed by atoms with E-state index >= 15 is 0 Å². The average molecular weight is 164 g/mol. The molecule has 0 radical (unpaired) electrons. The fourth-order valence-electron chi connectivity index (χ4n) is 1.21. The first-order valence-corrected chi connectivity index (χ1v) is 3.54. The Balaban J connectivity index is 3.00. The summed E-state index contributed by atoms with van der Waals surface area (Å²) in [6.45, 7) is 0. The molecular formula is C8H8N2O2. The molecule has 0 fully saturated rings. The molecular weight excluding hydrogens is 156 g/mol. The number of anilines is 1. The van der Waals surface area contributed by atoms with Gasteiger partial charge >= 0.3 is 5.63 Å². The van der Waals surface area contributed by atoms with Gasteiger partial charge in [0, 0.05) is 12.7 Å². The van der Waals surface area contributed by atoms with E-state index in [1.54, 1.807) is 25.2 Å². The zero-order valence-corrected chi connectivity index (χ0v) is 6.57. The summed E-state index contributed by atoms with van der Waals surface area (Å²) in [7, 11) is 1.68. The molecule has 4 nitrogen and oxygen atoms in total. The van der Waals surface area contributed by atoms with Crippen molar-refractivity contribution in [3.63, 3.8) is 0 Å². The van der Waals surface area contributed by atoms with Crippen LogP contribution in [0.15, 0.2) is 27.5 Å². The summed E-state index contributed by atoms with van der Waals surface area (Å²) in [5.74, 6) is 0. The average Bonchev–Trinajstić information content (AvgIpc) is 2.28. The largest absolute Gasteiger partial charge is 0.399 e. The van der Waals surface area contributed by atoms with Crippen molar-refractivity contribution >= 4 is 16.6 Å². The van der Waals surface area contributed by atoms with Gasteiger partial charge in [0.1, 0.15) is 0 Å². The first kappa shape index (κ1) is 6.97. The molecule has 2 aromatic rings. The number of nitrogen functional groups attached to an aromatic ring is 1. The number of nitrogens with two attached hydrogens (primary N) is 1. The van der Waals surface area contributed by atoms with Gasteiger partial charge in [-0.2, -0.15) is 0 Å². The second kappa shape index (κ2) is 2.14. The van der Waals surface area contributed by atoms with Crippen LogP contribution in [0.5, 0.6) is 0 Å². The van der Waals surface area contributed by atoms with E-state index in [4.69, 9.17) is 10.3 Å². The van der Waals surface area contributed by atoms with E-state index in [1.807, 2.05) is 0 Å². The zero-order chi connectivity index (χ0) is 8.72. The molecule has 0 amide bonds. The molecule has 0 spiro atoms. The van der Waals surface area contributed by atoms with Gasteiger partial charge in [-0.3, -0.25) is 0 Å². The van der Waals surface area contributed by atoms with Crippen molar-refractivity contribution < 1.29 is 4.52 Å². The standard InChI is InChI=1S/C8H8N2O2/c1-10-7-3-2-5(9)4-6(7)8(11)12-10/h2-4H,9H2,1H3. The number of nitrogens with zero attached hydrogens (tertiary/aromatic N) is 1. The summed E-state index contributed by atoms with van der Waals surface area (Å²) in [5.41, 5.74) is 6.49. The van der Waals surface area contributed by atoms with Crippen LogP contribution >= 0.6 is 0 Å². The number of aromatic nitrogens is 1. The third kappa shape index (κ3) is 0.812. The van der Waals surface area contributed by atoms with Gasteiger partial charge in [0.15, 0.2) is 0 Å². The Labute approximate surface area is 68.2 Å². The van der Waals surface area contributed by atoms with E-state index in [-0.39, 0.29) is 5.63 Å². The molecule has 1 aromatic carbocycles. The monoisotopic (exact) mass is 164 g/mol. The Hall–Kier alpha value is -1.71. The van der Waals surface area contributed by atoms with Crippen molar-refractivity contribution in [2.24, 2.45) is 7.05 Å². The van der Waals surface area contributed by atoms with Crippen LogP contribution in [0.2, 0.25) is 0 Å². The van der Waals surface area contributed by atoms with E-state index in [2.05, 4.69) is 0 Å². The molecule has 62 valence electrons. The molecule has 0 aliphatic rings. The van der Waals surface area contributed by atoms with Crippen LogP contribution in [0, 0.1) is 0 Å². The third-order valence-electron chi connectivity index (χ3n) is 1.80. The molecule has 1 heterocycles. The lowest BCUT2D eigenvalue weighted by Gasteiger charge is -1.92. The van der Waals surface area contributed by atoms with Gasteiger partial charge in [-0.25, -0.2) is 9.53 Å². The summed E-state index contributed by atoms with van der Waals surface area (Å²) in [4.78, 5) is 11.1. The van der Waals surface area contributed by atoms with E-state index in [1.165, 1.54) is 4.74 Å². The SMILES string of the molecule is Cn1oc(=O)c2cc(N)ccc21. The van der Waals surface area contributed by atoms with Gasteiger partial charge in [-0.05, 0) is 18.2 Å². The Kier molecular flexibility index (Phi) is 1.24. The maximum absolute atomic E-state index is 11.1. The lowest BCUT2D eigenvalue weighted by atomic mass is 10.2. The highest BCUT2D eigenvalue weighted by Crippen LogP contribution is 2.13. The van der Waals surface area contributed by atoms with Gasteiger partial charge in [-0.15, -0.1) is 0 Å². The molecule has 0 saturated carbocycles. The van der Waals surface area contributed by atoms with Crippen molar-refractivity contribution in [3.05, 3.63) is 28.6 Å². The van der Waals surface area contributed by atoms with E-state index in [0.717, 1.165) is 5.52 Å². The quantitative estimate of drug-likeness (QED) is 0.583. The van der Waals surface area contributed by atoms with Gasteiger partial charge in [0.25, 0.3) is 0 Å². The van der Waals surface area contributed by atoms with Crippen LogP contribution in [-0.4, -0.2) is 4.74 Å². The Morgan fingerprint density at radius 2 is 2.25 bits per heavy atom. The lowest BCUT2D eigenvalue weighted by Crippen LogP contribution is -1.92. The van der Waals surface area contributed by atoms with Crippen LogP contribution in [0.1, 0.15) is 0 Å². The second-order valence-corrected chi connectivity index (χ2v) is 2.65. The second-order valence-electron chi connectivity index (χ2n) is 2.65. The highest BCUT2D eigenvalue weighted by atomic mass is 16.5. The maximum atomic E-state index is 11.1. The molecule has 1 aromatic heterocycles. The topological polar surface area (TPSA) is 61.2 Å². The smallest absolute Gasteiger partial charge is 0.365 e. The first-order chi connectivity index (χ1) is 5.68. The van der Waals surface area contributed by atoms with Crippen molar-refractivity contribution in [2.45, 2.75) is 0 Å². The summed E-state index contributed by atoms with van der Waals surface area (Å²) in [6.07, 6.45) is 0. The van der Waals surface area contributed by atoms with Crippen molar-refractivity contribution in [2.75, 3.05) is 5.73 Å². The normalized spacial score (nSPS) is 10.8. The number of rotatable bonds is 0. The molecule has 0 unspecified atom stereocenters. The lowest BCUT2D eigenvalue weighted by molar-refractivity contribution is 0.296. The number of hydrogen-bond donors (Lipinski definition) is 1. The van der Waals surface area contributed by atoms with Crippen molar-refractivity contribution in [1.82, 2.24) is 4.74 Å². The van der Waals surface area contributed by atoms with Crippen molar-refractivity contribution in [1.29, 1.82) is 0 Å². The Morgan fingerprint density at radius 1 is 1.50 bits per heavy atom. The van der Waals surface area contributed by atoms with E-state index < -0.39 is 0 Å². The zero-order valence-electron chi connectivity index (χ0n) is 6.57. The van der Waals surface area contributed by atoms with E-state index in [0.29, 0.717) is 11.1 Å². The third-order valence-corrected chi connectivity index (χ3v) is 1.80. The number of fused-ring (bicyclic) bond motifs is 1. The molecule has 2 rings (SSSR count). The van der Waals surface area contributed by atoms with Crippen LogP contribution in [0.3, 0.4) is 0 Å². The number of aryl methyl sites for hydroxylation is 1. The van der Waals surface area contributed by atoms with Gasteiger partial charge < -0.3 is 10.3 Å². The number of benzene rings is 1. The van der Waals surface area contributed by atoms with Crippen LogP contribution in [0.25, 0.3) is 10.9 Å². The fraction of sp³-hybridized carbons (Fsp3) is 0.125. The van der Waals surface area contributed by atoms with Gasteiger partial charge in [0.2, 0.25) is 0 Å². The summed E-state index contributed by atoms with van der Waals surface area (Å²) >= 11 is 0. The molecule has 0 aliphatic carbocycles. The maximum Gasteiger partial charge on any atom is 0.365 e. The summed E-state index contributed by atoms with van der Waals surface area (Å²) in [5, 5.41) is 0.525. The molecule has 12 heavy (non-hydrogen) atoms. The highest BCUT2D eigenvalue weighted by Gasteiger charge is 2.04. The first-order valence-electron chi connectivity index (χ1n) is 3.54. The predicted molar refractivity (Wildman–Crippen MR) is 45.9 cm³/mol. The van der Waals surface area contributed by atoms with Crippen LogP contribution in [-0.2, 0) is 7.05 Å². The van der Waals surface area contributed by atoms with Crippen LogP contribution < -0.4 is 11.4 Å².